The number of rotatable bonds is 10. The van der Waals surface area contributed by atoms with Crippen molar-refractivity contribution in [2.75, 3.05) is 20.3 Å². The van der Waals surface area contributed by atoms with Gasteiger partial charge in [-0.25, -0.2) is 9.59 Å². The lowest BCUT2D eigenvalue weighted by molar-refractivity contribution is -0.146. The van der Waals surface area contributed by atoms with Crippen LogP contribution in [0, 0.1) is 0 Å². The number of fused-ring (bicyclic) bond motifs is 3. The van der Waals surface area contributed by atoms with Crippen LogP contribution in [0.15, 0.2) is 48.5 Å². The summed E-state index contributed by atoms with van der Waals surface area (Å²) in [4.78, 5) is 36.1. The van der Waals surface area contributed by atoms with E-state index >= 15 is 0 Å². The molecule has 0 saturated heterocycles. The van der Waals surface area contributed by atoms with Gasteiger partial charge in [0, 0.05) is 19.4 Å². The van der Waals surface area contributed by atoms with Gasteiger partial charge >= 0.3 is 12.1 Å². The van der Waals surface area contributed by atoms with Crippen molar-refractivity contribution < 1.29 is 34.1 Å². The van der Waals surface area contributed by atoms with Crippen LogP contribution in [0.25, 0.3) is 11.1 Å². The Bertz CT molecular complexity index is 1010. The van der Waals surface area contributed by atoms with Crippen LogP contribution in [0.5, 0.6) is 0 Å². The fraction of sp³-hybridized carbons (Fsp3) is 0.400. The van der Waals surface area contributed by atoms with Gasteiger partial charge in [0.1, 0.15) is 12.6 Å². The van der Waals surface area contributed by atoms with Crippen LogP contribution in [-0.2, 0) is 19.1 Å². The molecule has 1 aliphatic rings. The van der Waals surface area contributed by atoms with Crippen molar-refractivity contribution in [3.8, 4) is 11.1 Å². The van der Waals surface area contributed by atoms with Gasteiger partial charge in [-0.2, -0.15) is 0 Å². The zero-order valence-electron chi connectivity index (χ0n) is 19.4. The van der Waals surface area contributed by atoms with Gasteiger partial charge < -0.3 is 30.3 Å². The smallest absolute Gasteiger partial charge is 0.407 e. The van der Waals surface area contributed by atoms with Crippen molar-refractivity contribution in [3.05, 3.63) is 59.7 Å². The second-order valence-electron chi connectivity index (χ2n) is 8.79. The maximum atomic E-state index is 12.7. The molecule has 0 bridgehead atoms. The van der Waals surface area contributed by atoms with E-state index in [1.54, 1.807) is 13.8 Å². The Balaban J connectivity index is 1.67. The van der Waals surface area contributed by atoms with E-state index in [1.165, 1.54) is 7.11 Å². The van der Waals surface area contributed by atoms with Crippen LogP contribution < -0.4 is 10.6 Å². The van der Waals surface area contributed by atoms with E-state index in [2.05, 4.69) is 10.6 Å². The van der Waals surface area contributed by atoms with Crippen molar-refractivity contribution in [2.24, 2.45) is 0 Å². The number of amides is 2. The van der Waals surface area contributed by atoms with Gasteiger partial charge in [-0.3, -0.25) is 4.79 Å². The number of aliphatic hydroxyl groups is 1. The van der Waals surface area contributed by atoms with Crippen LogP contribution >= 0.6 is 0 Å². The molecule has 3 rings (SSSR count). The molecule has 0 spiro atoms. The fourth-order valence-electron chi connectivity index (χ4n) is 3.97. The van der Waals surface area contributed by atoms with E-state index in [9.17, 15) is 19.5 Å². The monoisotopic (exact) mass is 470 g/mol. The Kier molecular flexibility index (Phi) is 7.90. The summed E-state index contributed by atoms with van der Waals surface area (Å²) in [5, 5.41) is 23.1. The van der Waals surface area contributed by atoms with E-state index in [0.717, 1.165) is 22.3 Å². The minimum Gasteiger partial charge on any atom is -0.479 e. The summed E-state index contributed by atoms with van der Waals surface area (Å²) in [6.45, 7) is 3.08. The van der Waals surface area contributed by atoms with Crippen molar-refractivity contribution >= 4 is 18.0 Å². The Morgan fingerprint density at radius 1 is 1.03 bits per heavy atom. The van der Waals surface area contributed by atoms with E-state index in [1.807, 2.05) is 48.5 Å². The van der Waals surface area contributed by atoms with Crippen molar-refractivity contribution in [3.63, 3.8) is 0 Å². The Morgan fingerprint density at radius 3 is 2.12 bits per heavy atom. The summed E-state index contributed by atoms with van der Waals surface area (Å²) >= 11 is 0. The molecule has 2 amide bonds. The average Bonchev–Trinajstić information content (AvgIpc) is 3.14. The van der Waals surface area contributed by atoms with Crippen LogP contribution in [0.1, 0.15) is 37.3 Å². The molecule has 0 aromatic heterocycles. The average molecular weight is 471 g/mol. The molecular formula is C25H30N2O7. The van der Waals surface area contributed by atoms with Gasteiger partial charge in [-0.15, -0.1) is 0 Å². The van der Waals surface area contributed by atoms with Gasteiger partial charge in [0.25, 0.3) is 0 Å². The zero-order chi connectivity index (χ0) is 24.9. The minimum absolute atomic E-state index is 0.0829. The van der Waals surface area contributed by atoms with E-state index in [-0.39, 0.29) is 18.9 Å². The number of carboxylic acids is 1. The standard InChI is InChI=1S/C25H30N2O7/c1-25(2,33-3)12-20(22(29)26-13-21(28)23(30)31)27-24(32)34-14-19-17-10-6-4-8-15(17)16-9-5-7-11-18(16)19/h4-11,19-21,28H,12-14H2,1-3H3,(H,26,29)(H,27,32)(H,30,31). The van der Waals surface area contributed by atoms with Crippen molar-refractivity contribution in [1.82, 2.24) is 10.6 Å². The number of alkyl carbamates (subject to hydrolysis) is 1. The highest BCUT2D eigenvalue weighted by atomic mass is 16.5. The van der Waals surface area contributed by atoms with Crippen LogP contribution in [0.3, 0.4) is 0 Å². The molecule has 182 valence electrons. The summed E-state index contributed by atoms with van der Waals surface area (Å²) in [5.41, 5.74) is 3.57. The molecule has 0 aliphatic heterocycles. The lowest BCUT2D eigenvalue weighted by Crippen LogP contribution is -2.52. The maximum Gasteiger partial charge on any atom is 0.407 e. The van der Waals surface area contributed by atoms with Gasteiger partial charge in [-0.1, -0.05) is 48.5 Å². The molecule has 2 atom stereocenters. The summed E-state index contributed by atoms with van der Waals surface area (Å²) in [7, 11) is 1.48. The maximum absolute atomic E-state index is 12.7. The number of methoxy groups -OCH3 is 1. The molecule has 0 heterocycles. The van der Waals surface area contributed by atoms with Crippen LogP contribution in [-0.4, -0.2) is 66.2 Å². The second-order valence-corrected chi connectivity index (χ2v) is 8.79. The number of nitrogens with one attached hydrogen (secondary N) is 2. The molecule has 0 fully saturated rings. The predicted molar refractivity (Wildman–Crippen MR) is 124 cm³/mol. The first-order valence-corrected chi connectivity index (χ1v) is 11.0. The molecule has 0 saturated carbocycles. The minimum atomic E-state index is -1.76. The third-order valence-electron chi connectivity index (χ3n) is 5.96. The third kappa shape index (κ3) is 5.92. The number of aliphatic hydroxyl groups excluding tert-OH is 1. The van der Waals surface area contributed by atoms with Gasteiger partial charge in [-0.05, 0) is 36.1 Å². The predicted octanol–water partition coefficient (Wildman–Crippen LogP) is 2.27. The second kappa shape index (κ2) is 10.7. The molecule has 2 aromatic rings. The van der Waals surface area contributed by atoms with Crippen LogP contribution in [0.2, 0.25) is 0 Å². The molecule has 2 unspecified atom stereocenters. The highest BCUT2D eigenvalue weighted by molar-refractivity contribution is 5.86. The van der Waals surface area contributed by atoms with Gasteiger partial charge in [0.05, 0.1) is 12.1 Å². The Morgan fingerprint density at radius 2 is 1.59 bits per heavy atom. The molecular weight excluding hydrogens is 440 g/mol. The first kappa shape index (κ1) is 25.2. The number of ether oxygens (including phenoxy) is 2. The Labute approximate surface area is 198 Å². The summed E-state index contributed by atoms with van der Waals surface area (Å²) in [6, 6.07) is 14.8. The van der Waals surface area contributed by atoms with E-state index in [0.29, 0.717) is 0 Å². The fourth-order valence-corrected chi connectivity index (χ4v) is 3.97. The Hall–Kier alpha value is -3.43. The summed E-state index contributed by atoms with van der Waals surface area (Å²) < 4.78 is 10.9. The van der Waals surface area contributed by atoms with E-state index in [4.69, 9.17) is 14.6 Å². The van der Waals surface area contributed by atoms with Crippen LogP contribution in [0.4, 0.5) is 4.79 Å². The van der Waals surface area contributed by atoms with Gasteiger partial charge in [0.2, 0.25) is 5.91 Å². The molecule has 4 N–H and O–H groups in total. The van der Waals surface area contributed by atoms with Crippen molar-refractivity contribution in [2.45, 2.75) is 43.9 Å². The van der Waals surface area contributed by atoms with Crippen molar-refractivity contribution in [1.29, 1.82) is 0 Å². The third-order valence-corrected chi connectivity index (χ3v) is 5.96. The molecule has 9 nitrogen and oxygen atoms in total. The summed E-state index contributed by atoms with van der Waals surface area (Å²) in [6.07, 6.45) is -2.44. The molecule has 34 heavy (non-hydrogen) atoms. The molecule has 9 heteroatoms. The van der Waals surface area contributed by atoms with Gasteiger partial charge in [0.15, 0.2) is 6.10 Å². The highest BCUT2D eigenvalue weighted by Crippen LogP contribution is 2.44. The SMILES string of the molecule is COC(C)(C)CC(NC(=O)OCC1c2ccccc2-c2ccccc21)C(=O)NCC(O)C(=O)O. The lowest BCUT2D eigenvalue weighted by atomic mass is 9.98. The topological polar surface area (TPSA) is 134 Å². The van der Waals surface area contributed by atoms with E-state index < -0.39 is 42.3 Å². The zero-order valence-corrected chi connectivity index (χ0v) is 19.4. The number of carboxylic acid groups (broad SMARTS) is 1. The largest absolute Gasteiger partial charge is 0.479 e. The first-order chi connectivity index (χ1) is 16.1. The number of hydrogen-bond acceptors (Lipinski definition) is 6. The normalized spacial score (nSPS) is 14.5. The highest BCUT2D eigenvalue weighted by Gasteiger charge is 2.32. The number of carbonyl (C=O) groups is 3. The molecule has 1 aliphatic carbocycles. The lowest BCUT2D eigenvalue weighted by Gasteiger charge is -2.28. The number of aliphatic carboxylic acids is 1. The number of hydrogen-bond donors (Lipinski definition) is 4. The summed E-state index contributed by atoms with van der Waals surface area (Å²) in [5.74, 6) is -2.25. The quantitative estimate of drug-likeness (QED) is 0.418. The number of benzene rings is 2. The molecule has 2 aromatic carbocycles. The first-order valence-electron chi connectivity index (χ1n) is 11.0. The molecule has 0 radical (unpaired) electrons. The number of carbonyl (C=O) groups excluding carboxylic acids is 2.